The molecule has 1 N–H and O–H groups in total. The minimum absolute atomic E-state index is 0.0802. The van der Waals surface area contributed by atoms with Gasteiger partial charge in [0.15, 0.2) is 0 Å². The van der Waals surface area contributed by atoms with Gasteiger partial charge < -0.3 is 9.84 Å². The molecular weight excluding hydrogens is 298 g/mol. The summed E-state index contributed by atoms with van der Waals surface area (Å²) in [4.78, 5) is 18.1. The van der Waals surface area contributed by atoms with Crippen molar-refractivity contribution in [1.29, 1.82) is 0 Å². The second-order valence-electron chi connectivity index (χ2n) is 5.63. The number of nitrogens with zero attached hydrogens (tertiary/aromatic N) is 2. The van der Waals surface area contributed by atoms with Crippen LogP contribution < -0.4 is 5.32 Å². The molecule has 1 saturated carbocycles. The van der Waals surface area contributed by atoms with Gasteiger partial charge in [-0.25, -0.2) is 4.98 Å². The van der Waals surface area contributed by atoms with Gasteiger partial charge in [-0.15, -0.1) is 11.3 Å². The average molecular weight is 313 g/mol. The van der Waals surface area contributed by atoms with E-state index in [0.717, 1.165) is 17.1 Å². The molecule has 0 aliphatic heterocycles. The fourth-order valence-corrected chi connectivity index (χ4v) is 3.16. The Bertz CT molecular complexity index is 835. The summed E-state index contributed by atoms with van der Waals surface area (Å²) in [5.74, 6) is 0.560. The van der Waals surface area contributed by atoms with Crippen molar-refractivity contribution in [3.05, 3.63) is 34.8 Å². The van der Waals surface area contributed by atoms with Crippen molar-refractivity contribution in [2.75, 3.05) is 6.54 Å². The molecule has 0 atom stereocenters. The molecule has 112 valence electrons. The number of thiophene rings is 1. The van der Waals surface area contributed by atoms with E-state index in [1.54, 1.807) is 11.3 Å². The molecule has 0 radical (unpaired) electrons. The van der Waals surface area contributed by atoms with Crippen molar-refractivity contribution in [1.82, 2.24) is 15.5 Å². The maximum absolute atomic E-state index is 12.6. The molecule has 0 saturated heterocycles. The Balaban J connectivity index is 1.79. The Morgan fingerprint density at radius 1 is 1.50 bits per heavy atom. The van der Waals surface area contributed by atoms with E-state index in [0.29, 0.717) is 28.3 Å². The molecule has 22 heavy (non-hydrogen) atoms. The lowest BCUT2D eigenvalue weighted by atomic mass is 10.1. The van der Waals surface area contributed by atoms with Gasteiger partial charge in [-0.2, -0.15) is 0 Å². The molecule has 1 aliphatic carbocycles. The van der Waals surface area contributed by atoms with Crippen molar-refractivity contribution >= 4 is 28.3 Å². The van der Waals surface area contributed by atoms with Gasteiger partial charge in [0, 0.05) is 6.54 Å². The van der Waals surface area contributed by atoms with E-state index in [1.807, 2.05) is 30.5 Å². The summed E-state index contributed by atoms with van der Waals surface area (Å²) in [6, 6.07) is 5.78. The van der Waals surface area contributed by atoms with Crippen LogP contribution in [0.5, 0.6) is 0 Å². The van der Waals surface area contributed by atoms with Gasteiger partial charge in [0.25, 0.3) is 11.6 Å². The van der Waals surface area contributed by atoms with Crippen LogP contribution in [0.1, 0.15) is 28.9 Å². The van der Waals surface area contributed by atoms with E-state index in [-0.39, 0.29) is 5.91 Å². The topological polar surface area (TPSA) is 68.0 Å². The van der Waals surface area contributed by atoms with Gasteiger partial charge in [0.2, 0.25) is 0 Å². The molecule has 0 unspecified atom stereocenters. The number of nitrogens with one attached hydrogen (secondary N) is 1. The first kappa shape index (κ1) is 13.5. The van der Waals surface area contributed by atoms with Crippen LogP contribution in [0.15, 0.2) is 28.1 Å². The summed E-state index contributed by atoms with van der Waals surface area (Å²) in [6.45, 7) is 2.57. The molecule has 1 fully saturated rings. The molecule has 3 heterocycles. The third-order valence-corrected chi connectivity index (χ3v) is 4.78. The predicted octanol–water partition coefficient (Wildman–Crippen LogP) is 3.40. The predicted molar refractivity (Wildman–Crippen MR) is 84.9 cm³/mol. The fraction of sp³-hybridized carbons (Fsp3) is 0.312. The van der Waals surface area contributed by atoms with E-state index in [1.165, 1.54) is 12.8 Å². The Hall–Kier alpha value is -2.21. The molecule has 0 aromatic carbocycles. The van der Waals surface area contributed by atoms with Crippen molar-refractivity contribution < 1.29 is 9.32 Å². The quantitative estimate of drug-likeness (QED) is 0.801. The van der Waals surface area contributed by atoms with E-state index in [2.05, 4.69) is 15.5 Å². The monoisotopic (exact) mass is 313 g/mol. The van der Waals surface area contributed by atoms with Crippen LogP contribution in [0.25, 0.3) is 21.7 Å². The first-order chi connectivity index (χ1) is 10.7. The molecule has 3 aromatic rings. The Morgan fingerprint density at radius 3 is 3.09 bits per heavy atom. The van der Waals surface area contributed by atoms with E-state index >= 15 is 0 Å². The molecule has 0 bridgehead atoms. The van der Waals surface area contributed by atoms with E-state index in [4.69, 9.17) is 4.52 Å². The van der Waals surface area contributed by atoms with Gasteiger partial charge >= 0.3 is 0 Å². The average Bonchev–Trinajstić information content (AvgIpc) is 3.04. The Kier molecular flexibility index (Phi) is 3.18. The zero-order valence-corrected chi connectivity index (χ0v) is 12.9. The van der Waals surface area contributed by atoms with Crippen molar-refractivity contribution in [2.24, 2.45) is 5.92 Å². The lowest BCUT2D eigenvalue weighted by molar-refractivity contribution is 0.0953. The maximum atomic E-state index is 12.6. The van der Waals surface area contributed by atoms with Gasteiger partial charge in [0.05, 0.1) is 27.2 Å². The molecule has 0 spiro atoms. The largest absolute Gasteiger partial charge is 0.352 e. The minimum atomic E-state index is -0.0802. The summed E-state index contributed by atoms with van der Waals surface area (Å²) in [6.07, 6.45) is 2.41. The van der Waals surface area contributed by atoms with Gasteiger partial charge in [-0.1, -0.05) is 11.2 Å². The first-order valence-electron chi connectivity index (χ1n) is 7.31. The number of hydrogen-bond donors (Lipinski definition) is 1. The van der Waals surface area contributed by atoms with Crippen LogP contribution in [0.2, 0.25) is 0 Å². The standard InChI is InChI=1S/C16H15N3O2S/c1-9-14-11(15(20)17-8-10-4-5-10)7-12(13-3-2-6-22-13)18-16(14)21-19-9/h2-3,6-7,10H,4-5,8H2,1H3,(H,17,20). The van der Waals surface area contributed by atoms with E-state index < -0.39 is 0 Å². The van der Waals surface area contributed by atoms with Crippen LogP contribution in [-0.4, -0.2) is 22.6 Å². The molecule has 1 amide bonds. The SMILES string of the molecule is Cc1noc2nc(-c3cccs3)cc(C(=O)NCC3CC3)c12. The number of hydrogen-bond acceptors (Lipinski definition) is 5. The number of rotatable bonds is 4. The van der Waals surface area contributed by atoms with E-state index in [9.17, 15) is 4.79 Å². The molecule has 3 aromatic heterocycles. The fourth-order valence-electron chi connectivity index (χ4n) is 2.48. The number of amides is 1. The molecule has 4 rings (SSSR count). The molecule has 5 nitrogen and oxygen atoms in total. The van der Waals surface area contributed by atoms with Crippen molar-refractivity contribution in [3.63, 3.8) is 0 Å². The first-order valence-corrected chi connectivity index (χ1v) is 8.19. The van der Waals surface area contributed by atoms with Gasteiger partial charge in [-0.05, 0) is 43.2 Å². The highest BCUT2D eigenvalue weighted by Gasteiger charge is 2.24. The van der Waals surface area contributed by atoms with Gasteiger partial charge in [0.1, 0.15) is 0 Å². The normalized spacial score (nSPS) is 14.4. The third kappa shape index (κ3) is 2.39. The Morgan fingerprint density at radius 2 is 2.36 bits per heavy atom. The number of aryl methyl sites for hydroxylation is 1. The second kappa shape index (κ2) is 5.21. The van der Waals surface area contributed by atoms with Crippen LogP contribution in [0, 0.1) is 12.8 Å². The summed E-state index contributed by atoms with van der Waals surface area (Å²) in [5.41, 5.74) is 2.44. The maximum Gasteiger partial charge on any atom is 0.259 e. The highest BCUT2D eigenvalue weighted by Crippen LogP contribution is 2.30. The molecular formula is C16H15N3O2S. The smallest absolute Gasteiger partial charge is 0.259 e. The van der Waals surface area contributed by atoms with Crippen LogP contribution in [0.4, 0.5) is 0 Å². The number of carbonyl (C=O) groups is 1. The summed E-state index contributed by atoms with van der Waals surface area (Å²) < 4.78 is 5.28. The second-order valence-corrected chi connectivity index (χ2v) is 6.58. The summed E-state index contributed by atoms with van der Waals surface area (Å²) in [5, 5.41) is 9.65. The number of carbonyl (C=O) groups excluding carboxylic acids is 1. The zero-order valence-electron chi connectivity index (χ0n) is 12.1. The number of fused-ring (bicyclic) bond motifs is 1. The van der Waals surface area contributed by atoms with Crippen LogP contribution in [-0.2, 0) is 0 Å². The lowest BCUT2D eigenvalue weighted by Gasteiger charge is -2.07. The minimum Gasteiger partial charge on any atom is -0.352 e. The van der Waals surface area contributed by atoms with Crippen LogP contribution in [0.3, 0.4) is 0 Å². The lowest BCUT2D eigenvalue weighted by Crippen LogP contribution is -2.25. The summed E-state index contributed by atoms with van der Waals surface area (Å²) >= 11 is 1.58. The Labute approximate surface area is 131 Å². The molecule has 1 aliphatic rings. The van der Waals surface area contributed by atoms with Crippen molar-refractivity contribution in [2.45, 2.75) is 19.8 Å². The third-order valence-electron chi connectivity index (χ3n) is 3.88. The van der Waals surface area contributed by atoms with Crippen molar-refractivity contribution in [3.8, 4) is 10.6 Å². The molecule has 6 heteroatoms. The number of aromatic nitrogens is 2. The highest BCUT2D eigenvalue weighted by molar-refractivity contribution is 7.13. The highest BCUT2D eigenvalue weighted by atomic mass is 32.1. The van der Waals surface area contributed by atoms with Gasteiger partial charge in [-0.3, -0.25) is 4.79 Å². The number of pyridine rings is 1. The summed E-state index contributed by atoms with van der Waals surface area (Å²) in [7, 11) is 0. The van der Waals surface area contributed by atoms with Crippen LogP contribution >= 0.6 is 11.3 Å². The zero-order chi connectivity index (χ0) is 15.1.